The van der Waals surface area contributed by atoms with E-state index in [-0.39, 0.29) is 5.97 Å². The average Bonchev–Trinajstić information content (AvgIpc) is 2.17. The van der Waals surface area contributed by atoms with Crippen molar-refractivity contribution in [3.63, 3.8) is 0 Å². The van der Waals surface area contributed by atoms with Gasteiger partial charge in [-0.2, -0.15) is 0 Å². The largest absolute Gasteiger partial charge is 0.463 e. The van der Waals surface area contributed by atoms with E-state index in [1.54, 1.807) is 0 Å². The molecule has 0 unspecified atom stereocenters. The first kappa shape index (κ1) is 15.3. The SMILES string of the molecule is CCOCCN(C)CC(=O)OCCN(C)C. The molecule has 0 saturated heterocycles. The van der Waals surface area contributed by atoms with Crippen LogP contribution in [0.5, 0.6) is 0 Å². The number of hydrogen-bond acceptors (Lipinski definition) is 5. The molecule has 0 aromatic carbocycles. The molecular formula is C11H24N2O3. The lowest BCUT2D eigenvalue weighted by molar-refractivity contribution is -0.145. The quantitative estimate of drug-likeness (QED) is 0.415. The second kappa shape index (κ2) is 9.57. The van der Waals surface area contributed by atoms with Crippen molar-refractivity contribution in [1.82, 2.24) is 9.80 Å². The molecule has 0 amide bonds. The average molecular weight is 232 g/mol. The molecule has 0 radical (unpaired) electrons. The van der Waals surface area contributed by atoms with E-state index in [0.717, 1.165) is 13.1 Å². The molecule has 0 aromatic heterocycles. The van der Waals surface area contributed by atoms with Crippen LogP contribution in [0.1, 0.15) is 6.92 Å². The van der Waals surface area contributed by atoms with E-state index in [2.05, 4.69) is 0 Å². The molecule has 0 aliphatic rings. The molecule has 0 spiro atoms. The third-order valence-electron chi connectivity index (χ3n) is 2.02. The molecule has 0 bridgehead atoms. The zero-order chi connectivity index (χ0) is 12.4. The number of ether oxygens (including phenoxy) is 2. The normalized spacial score (nSPS) is 11.1. The van der Waals surface area contributed by atoms with Crippen LogP contribution < -0.4 is 0 Å². The van der Waals surface area contributed by atoms with Crippen LogP contribution in [0, 0.1) is 0 Å². The zero-order valence-corrected chi connectivity index (χ0v) is 10.9. The number of likely N-dealkylation sites (N-methyl/N-ethyl adjacent to an activating group) is 2. The number of hydrogen-bond donors (Lipinski definition) is 0. The highest BCUT2D eigenvalue weighted by molar-refractivity contribution is 5.71. The fourth-order valence-corrected chi connectivity index (χ4v) is 1.05. The number of nitrogens with zero attached hydrogens (tertiary/aromatic N) is 2. The van der Waals surface area contributed by atoms with Gasteiger partial charge in [-0.3, -0.25) is 9.69 Å². The monoisotopic (exact) mass is 232 g/mol. The molecule has 0 aromatic rings. The molecule has 0 atom stereocenters. The van der Waals surface area contributed by atoms with Crippen LogP contribution >= 0.6 is 0 Å². The highest BCUT2D eigenvalue weighted by Gasteiger charge is 2.07. The lowest BCUT2D eigenvalue weighted by Gasteiger charge is -2.16. The van der Waals surface area contributed by atoms with Gasteiger partial charge in [-0.1, -0.05) is 0 Å². The van der Waals surface area contributed by atoms with E-state index >= 15 is 0 Å². The Balaban J connectivity index is 3.46. The Hall–Kier alpha value is -0.650. The second-order valence-electron chi connectivity index (χ2n) is 3.96. The summed E-state index contributed by atoms with van der Waals surface area (Å²) < 4.78 is 10.3. The summed E-state index contributed by atoms with van der Waals surface area (Å²) in [5, 5.41) is 0. The predicted octanol–water partition coefficient (Wildman–Crippen LogP) is 0.0595. The second-order valence-corrected chi connectivity index (χ2v) is 3.96. The topological polar surface area (TPSA) is 42.0 Å². The van der Waals surface area contributed by atoms with Gasteiger partial charge in [0, 0.05) is 19.7 Å². The Morgan fingerprint density at radius 3 is 2.38 bits per heavy atom. The van der Waals surface area contributed by atoms with Gasteiger partial charge in [-0.25, -0.2) is 0 Å². The summed E-state index contributed by atoms with van der Waals surface area (Å²) in [6.45, 7) is 5.59. The third-order valence-corrected chi connectivity index (χ3v) is 2.02. The Morgan fingerprint density at radius 1 is 1.12 bits per heavy atom. The molecule has 0 saturated carbocycles. The van der Waals surface area contributed by atoms with E-state index in [1.807, 2.05) is 37.9 Å². The minimum atomic E-state index is -0.180. The summed E-state index contributed by atoms with van der Waals surface area (Å²) in [6, 6.07) is 0. The highest BCUT2D eigenvalue weighted by atomic mass is 16.5. The summed E-state index contributed by atoms with van der Waals surface area (Å²) in [6.07, 6.45) is 0. The Kier molecular flexibility index (Phi) is 9.18. The molecule has 0 aliphatic carbocycles. The summed E-state index contributed by atoms with van der Waals surface area (Å²) in [5.41, 5.74) is 0. The zero-order valence-electron chi connectivity index (χ0n) is 10.9. The summed E-state index contributed by atoms with van der Waals surface area (Å²) >= 11 is 0. The Morgan fingerprint density at radius 2 is 1.81 bits per heavy atom. The number of rotatable bonds is 9. The lowest BCUT2D eigenvalue weighted by Crippen LogP contribution is -2.31. The van der Waals surface area contributed by atoms with Crippen molar-refractivity contribution in [2.24, 2.45) is 0 Å². The van der Waals surface area contributed by atoms with Crippen molar-refractivity contribution < 1.29 is 14.3 Å². The van der Waals surface area contributed by atoms with Crippen LogP contribution in [0.3, 0.4) is 0 Å². The van der Waals surface area contributed by atoms with E-state index in [1.165, 1.54) is 0 Å². The number of carbonyl (C=O) groups excluding carboxylic acids is 1. The molecular weight excluding hydrogens is 208 g/mol. The van der Waals surface area contributed by atoms with Gasteiger partial charge in [0.15, 0.2) is 0 Å². The Labute approximate surface area is 98.3 Å². The molecule has 0 fully saturated rings. The van der Waals surface area contributed by atoms with Gasteiger partial charge in [0.25, 0.3) is 0 Å². The molecule has 5 heteroatoms. The van der Waals surface area contributed by atoms with Crippen molar-refractivity contribution in [3.8, 4) is 0 Å². The predicted molar refractivity (Wildman–Crippen MR) is 63.5 cm³/mol. The van der Waals surface area contributed by atoms with Gasteiger partial charge >= 0.3 is 5.97 Å². The van der Waals surface area contributed by atoms with E-state index in [9.17, 15) is 4.79 Å². The fourth-order valence-electron chi connectivity index (χ4n) is 1.05. The van der Waals surface area contributed by atoms with E-state index in [4.69, 9.17) is 9.47 Å². The number of carbonyl (C=O) groups is 1. The summed E-state index contributed by atoms with van der Waals surface area (Å²) in [5.74, 6) is -0.180. The molecule has 0 aliphatic heterocycles. The van der Waals surface area contributed by atoms with Gasteiger partial charge in [0.05, 0.1) is 13.2 Å². The van der Waals surface area contributed by atoms with Gasteiger partial charge in [-0.15, -0.1) is 0 Å². The molecule has 0 heterocycles. The minimum absolute atomic E-state index is 0.180. The van der Waals surface area contributed by atoms with Crippen molar-refractivity contribution >= 4 is 5.97 Å². The van der Waals surface area contributed by atoms with E-state index in [0.29, 0.717) is 26.4 Å². The van der Waals surface area contributed by atoms with Crippen LogP contribution in [0.25, 0.3) is 0 Å². The maximum Gasteiger partial charge on any atom is 0.320 e. The molecule has 0 rings (SSSR count). The molecule has 96 valence electrons. The smallest absolute Gasteiger partial charge is 0.320 e. The maximum atomic E-state index is 11.3. The highest BCUT2D eigenvalue weighted by Crippen LogP contribution is 1.87. The van der Waals surface area contributed by atoms with Crippen LogP contribution in [-0.4, -0.2) is 76.4 Å². The summed E-state index contributed by atoms with van der Waals surface area (Å²) in [7, 11) is 5.77. The molecule has 16 heavy (non-hydrogen) atoms. The minimum Gasteiger partial charge on any atom is -0.463 e. The van der Waals surface area contributed by atoms with Gasteiger partial charge in [0.1, 0.15) is 6.61 Å². The van der Waals surface area contributed by atoms with Crippen LogP contribution in [0.15, 0.2) is 0 Å². The first-order valence-electron chi connectivity index (χ1n) is 5.63. The van der Waals surface area contributed by atoms with Crippen LogP contribution in [-0.2, 0) is 14.3 Å². The van der Waals surface area contributed by atoms with Crippen molar-refractivity contribution in [2.45, 2.75) is 6.92 Å². The van der Waals surface area contributed by atoms with Crippen molar-refractivity contribution in [2.75, 3.05) is 60.6 Å². The van der Waals surface area contributed by atoms with E-state index < -0.39 is 0 Å². The van der Waals surface area contributed by atoms with Gasteiger partial charge in [0.2, 0.25) is 0 Å². The fraction of sp³-hybridized carbons (Fsp3) is 0.909. The maximum absolute atomic E-state index is 11.3. The van der Waals surface area contributed by atoms with Gasteiger partial charge in [-0.05, 0) is 28.1 Å². The first-order chi connectivity index (χ1) is 7.56. The van der Waals surface area contributed by atoms with Crippen LogP contribution in [0.4, 0.5) is 0 Å². The third kappa shape index (κ3) is 9.89. The Bertz CT molecular complexity index is 186. The molecule has 5 nitrogen and oxygen atoms in total. The molecule has 0 N–H and O–H groups in total. The standard InChI is InChI=1S/C11H24N2O3/c1-5-15-8-7-13(4)10-11(14)16-9-6-12(2)3/h5-10H2,1-4H3. The lowest BCUT2D eigenvalue weighted by atomic mass is 10.5. The summed E-state index contributed by atoms with van der Waals surface area (Å²) in [4.78, 5) is 15.2. The first-order valence-corrected chi connectivity index (χ1v) is 5.63. The van der Waals surface area contributed by atoms with Crippen LogP contribution in [0.2, 0.25) is 0 Å². The van der Waals surface area contributed by atoms with Gasteiger partial charge < -0.3 is 14.4 Å². The number of esters is 1. The van der Waals surface area contributed by atoms with Crippen molar-refractivity contribution in [3.05, 3.63) is 0 Å². The van der Waals surface area contributed by atoms with Crippen molar-refractivity contribution in [1.29, 1.82) is 0 Å².